The quantitative estimate of drug-likeness (QED) is 0.879. The molecule has 2 amide bonds. The van der Waals surface area contributed by atoms with Gasteiger partial charge in [-0.1, -0.05) is 6.42 Å². The third-order valence-corrected chi connectivity index (χ3v) is 4.76. The maximum Gasteiger partial charge on any atom is 0.270 e. The van der Waals surface area contributed by atoms with Gasteiger partial charge in [0.05, 0.1) is 11.9 Å². The van der Waals surface area contributed by atoms with Gasteiger partial charge in [0.1, 0.15) is 5.69 Å². The molecular formula is C19H20N4O2. The summed E-state index contributed by atoms with van der Waals surface area (Å²) in [5, 5.41) is 5.74. The van der Waals surface area contributed by atoms with Crippen LogP contribution in [0.2, 0.25) is 0 Å². The zero-order chi connectivity index (χ0) is 17.2. The summed E-state index contributed by atoms with van der Waals surface area (Å²) in [6.45, 7) is 0. The summed E-state index contributed by atoms with van der Waals surface area (Å²) in [5.74, 6) is 0.0595. The summed E-state index contributed by atoms with van der Waals surface area (Å²) in [6.07, 6.45) is 10.6. The van der Waals surface area contributed by atoms with Crippen molar-refractivity contribution in [2.24, 2.45) is 0 Å². The van der Waals surface area contributed by atoms with Gasteiger partial charge < -0.3 is 10.6 Å². The number of anilines is 1. The van der Waals surface area contributed by atoms with Crippen molar-refractivity contribution < 1.29 is 9.59 Å². The Morgan fingerprint density at radius 2 is 1.88 bits per heavy atom. The van der Waals surface area contributed by atoms with Gasteiger partial charge in [0.25, 0.3) is 11.8 Å². The van der Waals surface area contributed by atoms with Crippen molar-refractivity contribution in [2.75, 3.05) is 5.32 Å². The molecule has 2 aromatic heterocycles. The number of rotatable bonds is 5. The maximum atomic E-state index is 12.5. The van der Waals surface area contributed by atoms with Gasteiger partial charge in [-0.2, -0.15) is 0 Å². The van der Waals surface area contributed by atoms with Crippen molar-refractivity contribution >= 4 is 17.5 Å². The molecule has 4 rings (SSSR count). The van der Waals surface area contributed by atoms with Crippen molar-refractivity contribution in [2.45, 2.75) is 44.1 Å². The van der Waals surface area contributed by atoms with Crippen LogP contribution < -0.4 is 10.6 Å². The third-order valence-electron chi connectivity index (χ3n) is 4.76. The average Bonchev–Trinajstić information content (AvgIpc) is 3.38. The van der Waals surface area contributed by atoms with Crippen LogP contribution in [-0.2, 0) is 0 Å². The topological polar surface area (TPSA) is 84.0 Å². The molecule has 6 heteroatoms. The number of nitrogens with one attached hydrogen (secondary N) is 2. The van der Waals surface area contributed by atoms with Crippen molar-refractivity contribution in [3.05, 3.63) is 53.6 Å². The van der Waals surface area contributed by atoms with Crippen LogP contribution in [-0.4, -0.2) is 27.8 Å². The Labute approximate surface area is 146 Å². The Hall–Kier alpha value is -2.76. The summed E-state index contributed by atoms with van der Waals surface area (Å²) in [4.78, 5) is 32.9. The van der Waals surface area contributed by atoms with Gasteiger partial charge in [0.15, 0.2) is 0 Å². The normalized spacial score (nSPS) is 16.8. The lowest BCUT2D eigenvalue weighted by molar-refractivity contribution is 0.0946. The van der Waals surface area contributed by atoms with E-state index in [1.54, 1.807) is 12.3 Å². The summed E-state index contributed by atoms with van der Waals surface area (Å²) in [7, 11) is 0. The Morgan fingerprint density at radius 1 is 1.04 bits per heavy atom. The summed E-state index contributed by atoms with van der Waals surface area (Å²) in [5.41, 5.74) is 2.52. The van der Waals surface area contributed by atoms with Crippen LogP contribution in [0.4, 0.5) is 5.69 Å². The number of aromatic nitrogens is 2. The smallest absolute Gasteiger partial charge is 0.270 e. The number of carbonyl (C=O) groups is 2. The second kappa shape index (κ2) is 6.63. The highest BCUT2D eigenvalue weighted by Crippen LogP contribution is 2.36. The number of amides is 2. The minimum atomic E-state index is -0.268. The van der Waals surface area contributed by atoms with Crippen LogP contribution in [0.3, 0.4) is 0 Å². The molecule has 0 atom stereocenters. The predicted molar refractivity (Wildman–Crippen MR) is 93.5 cm³/mol. The maximum absolute atomic E-state index is 12.5. The number of hydrogen-bond donors (Lipinski definition) is 2. The highest BCUT2D eigenvalue weighted by atomic mass is 16.2. The Bertz CT molecular complexity index is 813. The number of nitrogens with zero attached hydrogens (tertiary/aromatic N) is 2. The fourth-order valence-electron chi connectivity index (χ4n) is 2.88. The fourth-order valence-corrected chi connectivity index (χ4v) is 2.88. The molecule has 0 bridgehead atoms. The van der Waals surface area contributed by atoms with E-state index >= 15 is 0 Å². The fraction of sp³-hybridized carbons (Fsp3) is 0.368. The van der Waals surface area contributed by atoms with E-state index in [9.17, 15) is 9.59 Å². The molecule has 2 fully saturated rings. The molecule has 0 spiro atoms. The third kappa shape index (κ3) is 3.68. The molecule has 6 nitrogen and oxygen atoms in total. The van der Waals surface area contributed by atoms with E-state index < -0.39 is 0 Å². The van der Waals surface area contributed by atoms with Crippen LogP contribution in [0, 0.1) is 0 Å². The van der Waals surface area contributed by atoms with Crippen molar-refractivity contribution in [3.63, 3.8) is 0 Å². The zero-order valence-electron chi connectivity index (χ0n) is 13.9. The molecule has 2 aliphatic rings. The van der Waals surface area contributed by atoms with Crippen molar-refractivity contribution in [3.8, 4) is 0 Å². The van der Waals surface area contributed by atoms with Crippen LogP contribution in [0.25, 0.3) is 0 Å². The van der Waals surface area contributed by atoms with Crippen molar-refractivity contribution in [1.82, 2.24) is 15.3 Å². The first kappa shape index (κ1) is 15.7. The largest absolute Gasteiger partial charge is 0.348 e. The molecule has 0 saturated heterocycles. The van der Waals surface area contributed by atoms with Gasteiger partial charge in [0.2, 0.25) is 0 Å². The Balaban J connectivity index is 1.46. The van der Waals surface area contributed by atoms with E-state index in [2.05, 4.69) is 20.6 Å². The van der Waals surface area contributed by atoms with Gasteiger partial charge in [-0.15, -0.1) is 0 Å². The van der Waals surface area contributed by atoms with Crippen LogP contribution in [0.15, 0.2) is 36.8 Å². The van der Waals surface area contributed by atoms with Gasteiger partial charge in [-0.25, -0.2) is 0 Å². The molecule has 2 aromatic rings. The molecule has 0 radical (unpaired) electrons. The SMILES string of the molecule is O=C(Nc1cncc(C2CCC2)c1)c1ccnc(C(=O)NC2CC2)c1. The lowest BCUT2D eigenvalue weighted by atomic mass is 9.81. The molecule has 0 unspecified atom stereocenters. The average molecular weight is 336 g/mol. The molecule has 128 valence electrons. The second-order valence-electron chi connectivity index (χ2n) is 6.77. The van der Waals surface area contributed by atoms with E-state index in [1.807, 2.05) is 12.3 Å². The predicted octanol–water partition coefficient (Wildman–Crippen LogP) is 2.89. The monoisotopic (exact) mass is 336 g/mol. The first-order valence-corrected chi connectivity index (χ1v) is 8.72. The van der Waals surface area contributed by atoms with Gasteiger partial charge >= 0.3 is 0 Å². The summed E-state index contributed by atoms with van der Waals surface area (Å²) < 4.78 is 0. The first-order chi connectivity index (χ1) is 12.2. The lowest BCUT2D eigenvalue weighted by Gasteiger charge is -2.25. The van der Waals surface area contributed by atoms with Gasteiger partial charge in [-0.05, 0) is 55.4 Å². The van der Waals surface area contributed by atoms with Crippen LogP contribution in [0.1, 0.15) is 64.4 Å². The molecule has 2 aliphatic carbocycles. The molecular weight excluding hydrogens is 316 g/mol. The minimum absolute atomic E-state index is 0.231. The van der Waals surface area contributed by atoms with Crippen LogP contribution in [0.5, 0.6) is 0 Å². The number of carbonyl (C=O) groups excluding carboxylic acids is 2. The number of pyridine rings is 2. The van der Waals surface area contributed by atoms with E-state index in [0.29, 0.717) is 17.2 Å². The van der Waals surface area contributed by atoms with E-state index in [0.717, 1.165) is 12.8 Å². The summed E-state index contributed by atoms with van der Waals surface area (Å²) in [6, 6.07) is 5.37. The lowest BCUT2D eigenvalue weighted by Crippen LogP contribution is -2.26. The molecule has 2 N–H and O–H groups in total. The molecule has 25 heavy (non-hydrogen) atoms. The van der Waals surface area contributed by atoms with E-state index in [-0.39, 0.29) is 23.6 Å². The van der Waals surface area contributed by atoms with Gasteiger partial charge in [-0.3, -0.25) is 19.6 Å². The minimum Gasteiger partial charge on any atom is -0.348 e. The standard InChI is InChI=1S/C19H20N4O2/c24-18(23-16-8-14(10-20-11-16)12-2-1-3-12)13-6-7-21-17(9-13)19(25)22-15-4-5-15/h6-12,15H,1-5H2,(H,22,25)(H,23,24). The Morgan fingerprint density at radius 3 is 2.60 bits per heavy atom. The van der Waals surface area contributed by atoms with Gasteiger partial charge in [0, 0.05) is 24.0 Å². The highest BCUT2D eigenvalue weighted by molar-refractivity contribution is 6.05. The molecule has 0 aromatic carbocycles. The first-order valence-electron chi connectivity index (χ1n) is 8.72. The highest BCUT2D eigenvalue weighted by Gasteiger charge is 2.24. The molecule has 2 heterocycles. The Kier molecular flexibility index (Phi) is 4.17. The molecule has 2 saturated carbocycles. The van der Waals surface area contributed by atoms with Crippen LogP contribution >= 0.6 is 0 Å². The molecule has 0 aliphatic heterocycles. The number of hydrogen-bond acceptors (Lipinski definition) is 4. The van der Waals surface area contributed by atoms with E-state index in [1.165, 1.54) is 37.1 Å². The second-order valence-corrected chi connectivity index (χ2v) is 6.77. The van der Waals surface area contributed by atoms with E-state index in [4.69, 9.17) is 0 Å². The summed E-state index contributed by atoms with van der Waals surface area (Å²) >= 11 is 0. The zero-order valence-corrected chi connectivity index (χ0v) is 13.9. The van der Waals surface area contributed by atoms with Crippen molar-refractivity contribution in [1.29, 1.82) is 0 Å².